The van der Waals surface area contributed by atoms with Crippen LogP contribution in [0.4, 0.5) is 23.2 Å². The van der Waals surface area contributed by atoms with Gasteiger partial charge in [0.2, 0.25) is 0 Å². The molecule has 1 heterocycles. The van der Waals surface area contributed by atoms with Gasteiger partial charge in [0.05, 0.1) is 23.8 Å². The monoisotopic (exact) mass is 476 g/mol. The molecule has 0 aromatic heterocycles. The summed E-state index contributed by atoms with van der Waals surface area (Å²) in [5, 5.41) is 2.67. The van der Waals surface area contributed by atoms with Gasteiger partial charge in [0.15, 0.2) is 0 Å². The molecule has 9 heteroatoms. The molecule has 0 unspecified atom stereocenters. The summed E-state index contributed by atoms with van der Waals surface area (Å²) in [5.74, 6) is -1.65. The first-order valence-corrected chi connectivity index (χ1v) is 11.2. The lowest BCUT2D eigenvalue weighted by Crippen LogP contribution is -2.37. The molecule has 2 aliphatic rings. The number of nitrogens with one attached hydrogen (secondary N) is 1. The number of alkyl halides is 3. The minimum Gasteiger partial charge on any atom is -0.466 e. The van der Waals surface area contributed by atoms with Crippen LogP contribution in [0.1, 0.15) is 60.0 Å². The summed E-state index contributed by atoms with van der Waals surface area (Å²) in [6.45, 7) is 2.08. The molecule has 2 aromatic carbocycles. The average Bonchev–Trinajstić information content (AvgIpc) is 3.15. The van der Waals surface area contributed by atoms with Gasteiger partial charge in [0, 0.05) is 11.5 Å². The Bertz CT molecular complexity index is 1120. The summed E-state index contributed by atoms with van der Waals surface area (Å²) in [6, 6.07) is 8.38. The number of fused-ring (bicyclic) bond motifs is 1. The molecule has 34 heavy (non-hydrogen) atoms. The normalized spacial score (nSPS) is 22.0. The Balaban J connectivity index is 1.56. The van der Waals surface area contributed by atoms with Crippen LogP contribution >= 0.6 is 0 Å². The quantitative estimate of drug-likeness (QED) is 0.450. The second-order valence-electron chi connectivity index (χ2n) is 8.57. The third kappa shape index (κ3) is 4.98. The van der Waals surface area contributed by atoms with Crippen LogP contribution in [0.3, 0.4) is 0 Å². The second kappa shape index (κ2) is 9.56. The molecule has 1 amide bonds. The minimum atomic E-state index is -4.57. The molecule has 2 aromatic rings. The lowest BCUT2D eigenvalue weighted by molar-refractivity contribution is -0.149. The van der Waals surface area contributed by atoms with Crippen molar-refractivity contribution in [3.05, 3.63) is 65.0 Å². The first-order chi connectivity index (χ1) is 16.2. The molecule has 1 fully saturated rings. The van der Waals surface area contributed by atoms with Crippen LogP contribution in [0, 0.1) is 17.7 Å². The number of carbonyl (C=O) groups is 2. The number of aliphatic imine (C=N–C) groups is 1. The molecule has 5 nitrogen and oxygen atoms in total. The summed E-state index contributed by atoms with van der Waals surface area (Å²) in [6.07, 6.45) is -2.00. The maximum absolute atomic E-state index is 13.8. The van der Waals surface area contributed by atoms with Crippen LogP contribution in [-0.2, 0) is 15.7 Å². The maximum atomic E-state index is 13.8. The molecule has 180 valence electrons. The summed E-state index contributed by atoms with van der Waals surface area (Å²) in [4.78, 5) is 29.4. The standard InChI is InChI=1S/C25H24F4N2O3/c1-2-34-24(33)15-8-6-14(7-9-15)21-19-11-10-18(26)13-20(19)30-22(21)31-23(32)16-4-3-5-17(12-16)25(27,28)29/h3-5,10-15,21H,2,6-9H2,1H3,(H,30,31,32)/t14?,15?,21-/m1/s1. The fourth-order valence-electron chi connectivity index (χ4n) is 4.78. The van der Waals surface area contributed by atoms with E-state index in [2.05, 4.69) is 10.3 Å². The van der Waals surface area contributed by atoms with Gasteiger partial charge in [0.25, 0.3) is 5.91 Å². The predicted octanol–water partition coefficient (Wildman–Crippen LogP) is 5.77. The molecule has 4 rings (SSSR count). The number of carbonyl (C=O) groups excluding carboxylic acids is 2. The summed E-state index contributed by atoms with van der Waals surface area (Å²) in [5.41, 5.74) is 0.0642. The van der Waals surface area contributed by atoms with E-state index in [0.29, 0.717) is 38.0 Å². The number of hydrogen-bond donors (Lipinski definition) is 1. The van der Waals surface area contributed by atoms with Crippen LogP contribution < -0.4 is 5.32 Å². The fourth-order valence-corrected chi connectivity index (χ4v) is 4.78. The number of nitrogens with zero attached hydrogens (tertiary/aromatic N) is 1. The molecular formula is C25H24F4N2O3. The summed E-state index contributed by atoms with van der Waals surface area (Å²) < 4.78 is 58.2. The number of esters is 1. The number of rotatable bonds is 4. The van der Waals surface area contributed by atoms with Crippen LogP contribution in [0.2, 0.25) is 0 Å². The lowest BCUT2D eigenvalue weighted by atomic mass is 9.73. The number of ether oxygens (including phenoxy) is 1. The van der Waals surface area contributed by atoms with E-state index in [1.807, 2.05) is 0 Å². The first-order valence-electron chi connectivity index (χ1n) is 11.2. The third-order valence-electron chi connectivity index (χ3n) is 6.42. The topological polar surface area (TPSA) is 67.8 Å². The number of amidine groups is 1. The van der Waals surface area contributed by atoms with Crippen LogP contribution in [-0.4, -0.2) is 24.3 Å². The largest absolute Gasteiger partial charge is 0.466 e. The number of hydrogen-bond acceptors (Lipinski definition) is 4. The smallest absolute Gasteiger partial charge is 0.416 e. The number of benzene rings is 2. The number of halogens is 4. The third-order valence-corrected chi connectivity index (χ3v) is 6.42. The van der Waals surface area contributed by atoms with Crippen molar-refractivity contribution >= 4 is 23.4 Å². The highest BCUT2D eigenvalue weighted by molar-refractivity contribution is 6.11. The maximum Gasteiger partial charge on any atom is 0.416 e. The van der Waals surface area contributed by atoms with Gasteiger partial charge in [-0.3, -0.25) is 9.59 Å². The van der Waals surface area contributed by atoms with Gasteiger partial charge in [0.1, 0.15) is 11.7 Å². The fraction of sp³-hybridized carbons (Fsp3) is 0.400. The van der Waals surface area contributed by atoms with Crippen molar-refractivity contribution in [2.45, 2.75) is 44.7 Å². The van der Waals surface area contributed by atoms with E-state index in [9.17, 15) is 27.2 Å². The molecule has 0 saturated heterocycles. The lowest BCUT2D eigenvalue weighted by Gasteiger charge is -2.32. The van der Waals surface area contributed by atoms with Crippen LogP contribution in [0.25, 0.3) is 0 Å². The van der Waals surface area contributed by atoms with Gasteiger partial charge < -0.3 is 10.1 Å². The van der Waals surface area contributed by atoms with Crippen molar-refractivity contribution in [1.82, 2.24) is 5.32 Å². The zero-order chi connectivity index (χ0) is 24.5. The summed E-state index contributed by atoms with van der Waals surface area (Å²) >= 11 is 0. The van der Waals surface area contributed by atoms with Gasteiger partial charge in [-0.05, 0) is 74.4 Å². The molecule has 1 saturated carbocycles. The Morgan fingerprint density at radius 1 is 1.09 bits per heavy atom. The Hall–Kier alpha value is -3.23. The summed E-state index contributed by atoms with van der Waals surface area (Å²) in [7, 11) is 0. The highest BCUT2D eigenvalue weighted by Crippen LogP contribution is 2.45. The van der Waals surface area contributed by atoms with E-state index in [-0.39, 0.29) is 35.1 Å². The van der Waals surface area contributed by atoms with Crippen molar-refractivity contribution in [3.8, 4) is 0 Å². The van der Waals surface area contributed by atoms with E-state index in [1.165, 1.54) is 24.3 Å². The van der Waals surface area contributed by atoms with Crippen molar-refractivity contribution in [3.63, 3.8) is 0 Å². The van der Waals surface area contributed by atoms with E-state index in [0.717, 1.165) is 17.7 Å². The number of amides is 1. The molecule has 0 bridgehead atoms. The molecule has 1 aliphatic carbocycles. The van der Waals surface area contributed by atoms with Crippen molar-refractivity contribution in [2.24, 2.45) is 16.8 Å². The van der Waals surface area contributed by atoms with E-state index < -0.39 is 23.5 Å². The molecular weight excluding hydrogens is 452 g/mol. The van der Waals surface area contributed by atoms with Gasteiger partial charge in [-0.1, -0.05) is 12.1 Å². The Labute approximate surface area is 194 Å². The molecule has 1 aliphatic heterocycles. The molecule has 1 atom stereocenters. The zero-order valence-electron chi connectivity index (χ0n) is 18.5. The Morgan fingerprint density at radius 2 is 1.82 bits per heavy atom. The highest BCUT2D eigenvalue weighted by Gasteiger charge is 2.39. The van der Waals surface area contributed by atoms with Gasteiger partial charge in [-0.25, -0.2) is 9.38 Å². The van der Waals surface area contributed by atoms with Gasteiger partial charge >= 0.3 is 12.1 Å². The van der Waals surface area contributed by atoms with Gasteiger partial charge in [-0.15, -0.1) is 0 Å². The first kappa shape index (κ1) is 23.9. The van der Waals surface area contributed by atoms with Gasteiger partial charge in [-0.2, -0.15) is 13.2 Å². The zero-order valence-corrected chi connectivity index (χ0v) is 18.5. The van der Waals surface area contributed by atoms with Crippen LogP contribution in [0.5, 0.6) is 0 Å². The van der Waals surface area contributed by atoms with Crippen molar-refractivity contribution in [1.29, 1.82) is 0 Å². The SMILES string of the molecule is CCOC(=O)C1CCC([C@H]2C(NC(=O)c3cccc(C(F)(F)F)c3)=Nc3cc(F)ccc32)CC1. The molecule has 0 spiro atoms. The van der Waals surface area contributed by atoms with E-state index in [1.54, 1.807) is 13.0 Å². The minimum absolute atomic E-state index is 0.0259. The molecule has 0 radical (unpaired) electrons. The highest BCUT2D eigenvalue weighted by atomic mass is 19.4. The Kier molecular flexibility index (Phi) is 6.72. The van der Waals surface area contributed by atoms with Crippen LogP contribution in [0.15, 0.2) is 47.5 Å². The predicted molar refractivity (Wildman–Crippen MR) is 117 cm³/mol. The van der Waals surface area contributed by atoms with E-state index in [4.69, 9.17) is 4.74 Å². The second-order valence-corrected chi connectivity index (χ2v) is 8.57. The van der Waals surface area contributed by atoms with Crippen molar-refractivity contribution in [2.75, 3.05) is 6.61 Å². The van der Waals surface area contributed by atoms with Crippen molar-refractivity contribution < 1.29 is 31.9 Å². The average molecular weight is 476 g/mol. The Morgan fingerprint density at radius 3 is 2.50 bits per heavy atom. The van der Waals surface area contributed by atoms with E-state index >= 15 is 0 Å². The molecule has 1 N–H and O–H groups in total.